The topological polar surface area (TPSA) is 23.5 Å². The molecule has 0 bridgehead atoms. The Balaban J connectivity index is 1.76. The van der Waals surface area contributed by atoms with Crippen LogP contribution in [-0.4, -0.2) is 17.7 Å². The van der Waals surface area contributed by atoms with Crippen LogP contribution in [0, 0.1) is 0 Å². The average molecular weight is 309 g/mol. The molecule has 2 unspecified atom stereocenters. The normalized spacial score (nSPS) is 18.8. The molecular formula is C21H27NO. The van der Waals surface area contributed by atoms with Crippen molar-refractivity contribution in [2.75, 3.05) is 11.4 Å². The lowest BCUT2D eigenvalue weighted by atomic mass is 9.86. The smallest absolute Gasteiger partial charge is 0.0964 e. The van der Waals surface area contributed by atoms with Crippen LogP contribution in [0.25, 0.3) is 0 Å². The first-order valence-corrected chi connectivity index (χ1v) is 8.49. The standard InChI is InChI=1S/C21H27NO/c1-15-13-17-7-5-6-8-19(17)22(15)14-20(23)16-9-11-18(12-10-16)21(2,3)4/h5-12,15,20,23H,13-14H2,1-4H3. The monoisotopic (exact) mass is 309 g/mol. The maximum absolute atomic E-state index is 10.7. The van der Waals surface area contributed by atoms with Gasteiger partial charge in [0.1, 0.15) is 0 Å². The molecule has 0 spiro atoms. The fraction of sp³-hybridized carbons (Fsp3) is 0.429. The molecule has 0 aliphatic carbocycles. The zero-order chi connectivity index (χ0) is 16.6. The molecule has 2 heteroatoms. The summed E-state index contributed by atoms with van der Waals surface area (Å²) in [4.78, 5) is 2.33. The SMILES string of the molecule is CC1Cc2ccccc2N1CC(O)c1ccc(C(C)(C)C)cc1. The highest BCUT2D eigenvalue weighted by Crippen LogP contribution is 2.33. The van der Waals surface area contributed by atoms with Gasteiger partial charge >= 0.3 is 0 Å². The minimum atomic E-state index is -0.461. The van der Waals surface area contributed by atoms with Crippen LogP contribution in [0.2, 0.25) is 0 Å². The number of aliphatic hydroxyl groups excluding tert-OH is 1. The number of rotatable bonds is 3. The molecule has 3 rings (SSSR count). The first-order valence-electron chi connectivity index (χ1n) is 8.49. The maximum Gasteiger partial charge on any atom is 0.0964 e. The number of benzene rings is 2. The largest absolute Gasteiger partial charge is 0.387 e. The Bertz CT molecular complexity index is 669. The van der Waals surface area contributed by atoms with Gasteiger partial charge in [0.05, 0.1) is 6.10 Å². The second-order valence-corrected chi connectivity index (χ2v) is 7.72. The number of fused-ring (bicyclic) bond motifs is 1. The minimum Gasteiger partial charge on any atom is -0.387 e. The third kappa shape index (κ3) is 3.28. The Morgan fingerprint density at radius 3 is 2.39 bits per heavy atom. The predicted molar refractivity (Wildman–Crippen MR) is 97.1 cm³/mol. The summed E-state index contributed by atoms with van der Waals surface area (Å²) in [5, 5.41) is 10.7. The van der Waals surface area contributed by atoms with E-state index in [4.69, 9.17) is 0 Å². The van der Waals surface area contributed by atoms with Gasteiger partial charge in [0.25, 0.3) is 0 Å². The van der Waals surface area contributed by atoms with Gasteiger partial charge in [0, 0.05) is 18.3 Å². The molecule has 2 aromatic carbocycles. The van der Waals surface area contributed by atoms with Crippen LogP contribution in [0.5, 0.6) is 0 Å². The van der Waals surface area contributed by atoms with Crippen molar-refractivity contribution < 1.29 is 5.11 Å². The van der Waals surface area contributed by atoms with Gasteiger partial charge < -0.3 is 10.0 Å². The van der Waals surface area contributed by atoms with Crippen molar-refractivity contribution >= 4 is 5.69 Å². The van der Waals surface area contributed by atoms with Gasteiger partial charge in [0.2, 0.25) is 0 Å². The number of β-amino-alcohol motifs (C(OH)–C–C–N with tert-alkyl or cyclic N) is 1. The van der Waals surface area contributed by atoms with Crippen LogP contribution >= 0.6 is 0 Å². The van der Waals surface area contributed by atoms with E-state index in [1.54, 1.807) is 0 Å². The lowest BCUT2D eigenvalue weighted by Gasteiger charge is -2.28. The molecule has 2 nitrogen and oxygen atoms in total. The summed E-state index contributed by atoms with van der Waals surface area (Å²) in [6.07, 6.45) is 0.601. The third-order valence-electron chi connectivity index (χ3n) is 4.88. The summed E-state index contributed by atoms with van der Waals surface area (Å²) < 4.78 is 0. The Hall–Kier alpha value is -1.80. The number of hydrogen-bond acceptors (Lipinski definition) is 2. The molecule has 23 heavy (non-hydrogen) atoms. The number of para-hydroxylation sites is 1. The molecule has 122 valence electrons. The van der Waals surface area contributed by atoms with Crippen molar-refractivity contribution in [2.45, 2.75) is 51.7 Å². The van der Waals surface area contributed by atoms with Crippen molar-refractivity contribution in [1.29, 1.82) is 0 Å². The summed E-state index contributed by atoms with van der Waals surface area (Å²) >= 11 is 0. The van der Waals surface area contributed by atoms with Crippen LogP contribution in [0.3, 0.4) is 0 Å². The highest BCUT2D eigenvalue weighted by atomic mass is 16.3. The molecule has 0 aromatic heterocycles. The van der Waals surface area contributed by atoms with Crippen LogP contribution in [0.15, 0.2) is 48.5 Å². The zero-order valence-electron chi connectivity index (χ0n) is 14.6. The summed E-state index contributed by atoms with van der Waals surface area (Å²) in [7, 11) is 0. The fourth-order valence-corrected chi connectivity index (χ4v) is 3.40. The number of nitrogens with zero attached hydrogens (tertiary/aromatic N) is 1. The number of aliphatic hydroxyl groups is 1. The van der Waals surface area contributed by atoms with E-state index in [1.807, 2.05) is 0 Å². The number of hydrogen-bond donors (Lipinski definition) is 1. The second kappa shape index (κ2) is 6.01. The molecule has 0 amide bonds. The van der Waals surface area contributed by atoms with Crippen molar-refractivity contribution in [3.05, 3.63) is 65.2 Å². The van der Waals surface area contributed by atoms with Gasteiger partial charge in [-0.05, 0) is 41.5 Å². The molecule has 1 aliphatic rings. The first kappa shape index (κ1) is 16.1. The lowest BCUT2D eigenvalue weighted by molar-refractivity contribution is 0.181. The molecule has 1 heterocycles. The highest BCUT2D eigenvalue weighted by Gasteiger charge is 2.27. The maximum atomic E-state index is 10.7. The van der Waals surface area contributed by atoms with Crippen LogP contribution in [0.1, 0.15) is 50.5 Å². The molecule has 2 atom stereocenters. The van der Waals surface area contributed by atoms with Crippen LogP contribution in [0.4, 0.5) is 5.69 Å². The molecule has 1 N–H and O–H groups in total. The van der Waals surface area contributed by atoms with E-state index in [0.717, 1.165) is 12.0 Å². The zero-order valence-corrected chi connectivity index (χ0v) is 14.6. The van der Waals surface area contributed by atoms with Gasteiger partial charge in [-0.15, -0.1) is 0 Å². The summed E-state index contributed by atoms with van der Waals surface area (Å²) in [6.45, 7) is 9.51. The fourth-order valence-electron chi connectivity index (χ4n) is 3.40. The molecule has 1 aliphatic heterocycles. The predicted octanol–water partition coefficient (Wildman–Crippen LogP) is 4.47. The summed E-state index contributed by atoms with van der Waals surface area (Å²) in [6, 6.07) is 17.4. The average Bonchev–Trinajstić information content (AvgIpc) is 2.82. The Morgan fingerprint density at radius 1 is 1.09 bits per heavy atom. The molecule has 0 fully saturated rings. The van der Waals surface area contributed by atoms with Gasteiger partial charge in [-0.25, -0.2) is 0 Å². The van der Waals surface area contributed by atoms with E-state index in [9.17, 15) is 5.11 Å². The van der Waals surface area contributed by atoms with Crippen molar-refractivity contribution in [2.24, 2.45) is 0 Å². The third-order valence-corrected chi connectivity index (χ3v) is 4.88. The molecule has 0 saturated carbocycles. The van der Waals surface area contributed by atoms with Gasteiger partial charge in [-0.1, -0.05) is 63.2 Å². The lowest BCUT2D eigenvalue weighted by Crippen LogP contribution is -2.33. The van der Waals surface area contributed by atoms with E-state index >= 15 is 0 Å². The minimum absolute atomic E-state index is 0.145. The van der Waals surface area contributed by atoms with Crippen LogP contribution in [-0.2, 0) is 11.8 Å². The Morgan fingerprint density at radius 2 is 1.74 bits per heavy atom. The first-order chi connectivity index (χ1) is 10.9. The van der Waals surface area contributed by atoms with Crippen LogP contribution < -0.4 is 4.90 Å². The van der Waals surface area contributed by atoms with E-state index < -0.39 is 6.10 Å². The van der Waals surface area contributed by atoms with E-state index in [1.165, 1.54) is 16.8 Å². The molecule has 2 aromatic rings. The number of anilines is 1. The second-order valence-electron chi connectivity index (χ2n) is 7.72. The summed E-state index contributed by atoms with van der Waals surface area (Å²) in [5.74, 6) is 0. The molecule has 0 saturated heterocycles. The van der Waals surface area contributed by atoms with Crippen molar-refractivity contribution in [3.63, 3.8) is 0 Å². The summed E-state index contributed by atoms with van der Waals surface area (Å²) in [5.41, 5.74) is 5.09. The van der Waals surface area contributed by atoms with E-state index in [0.29, 0.717) is 12.6 Å². The van der Waals surface area contributed by atoms with Gasteiger partial charge in [-0.3, -0.25) is 0 Å². The molecular weight excluding hydrogens is 282 g/mol. The quantitative estimate of drug-likeness (QED) is 0.904. The van der Waals surface area contributed by atoms with E-state index in [-0.39, 0.29) is 5.41 Å². The van der Waals surface area contributed by atoms with Crippen molar-refractivity contribution in [1.82, 2.24) is 0 Å². The Labute approximate surface area is 139 Å². The van der Waals surface area contributed by atoms with E-state index in [2.05, 4.69) is 81.1 Å². The Kier molecular flexibility index (Phi) is 4.20. The van der Waals surface area contributed by atoms with Crippen molar-refractivity contribution in [3.8, 4) is 0 Å². The van der Waals surface area contributed by atoms with Gasteiger partial charge in [-0.2, -0.15) is 0 Å². The van der Waals surface area contributed by atoms with Gasteiger partial charge in [0.15, 0.2) is 0 Å². The molecule has 0 radical (unpaired) electrons. The highest BCUT2D eigenvalue weighted by molar-refractivity contribution is 5.59.